The van der Waals surface area contributed by atoms with Gasteiger partial charge in [-0.15, -0.1) is 34.2 Å². The van der Waals surface area contributed by atoms with Crippen molar-refractivity contribution in [1.82, 2.24) is 30.3 Å². The van der Waals surface area contributed by atoms with Crippen molar-refractivity contribution in [3.63, 3.8) is 0 Å². The van der Waals surface area contributed by atoms with Crippen LogP contribution >= 0.6 is 24.0 Å². The highest BCUT2D eigenvalue weighted by molar-refractivity contribution is 14.0. The van der Waals surface area contributed by atoms with E-state index in [0.717, 1.165) is 76.7 Å². The summed E-state index contributed by atoms with van der Waals surface area (Å²) in [5.74, 6) is 2.27. The van der Waals surface area contributed by atoms with Crippen molar-refractivity contribution in [2.75, 3.05) is 32.7 Å². The van der Waals surface area contributed by atoms with E-state index in [9.17, 15) is 4.79 Å². The van der Waals surface area contributed by atoms with Gasteiger partial charge >= 0.3 is 6.09 Å². The van der Waals surface area contributed by atoms with E-state index >= 15 is 0 Å². The molecule has 0 saturated carbocycles. The van der Waals surface area contributed by atoms with Crippen LogP contribution in [0.15, 0.2) is 11.3 Å². The molecule has 2 N–H and O–H groups in total. The second-order valence-electron chi connectivity index (χ2n) is 8.70. The van der Waals surface area contributed by atoms with Crippen molar-refractivity contribution in [3.8, 4) is 0 Å². The highest BCUT2D eigenvalue weighted by Crippen LogP contribution is 2.21. The number of aromatic nitrogens is 3. The standard InChI is InChI=1S/C21H39N7O2.HI/c1-6-18-26-25-16-28(18)14-12-24-19(22-7-2)23-11-10-17-9-8-13-27(15-17)20(29)30-21(3,4)5;/h16-17H,6-15H2,1-5H3,(H2,22,23,24);1H. The highest BCUT2D eigenvalue weighted by atomic mass is 127. The van der Waals surface area contributed by atoms with Crippen LogP contribution in [0.4, 0.5) is 4.79 Å². The van der Waals surface area contributed by atoms with Crippen LogP contribution in [0.25, 0.3) is 0 Å². The summed E-state index contributed by atoms with van der Waals surface area (Å²) in [6.07, 6.45) is 5.55. The van der Waals surface area contributed by atoms with E-state index < -0.39 is 5.60 Å². The quantitative estimate of drug-likeness (QED) is 0.294. The van der Waals surface area contributed by atoms with Crippen LogP contribution in [0.5, 0.6) is 0 Å². The molecule has 1 aromatic rings. The Bertz CT molecular complexity index is 688. The predicted octanol–water partition coefficient (Wildman–Crippen LogP) is 3.05. The summed E-state index contributed by atoms with van der Waals surface area (Å²) in [4.78, 5) is 18.9. The summed E-state index contributed by atoms with van der Waals surface area (Å²) in [5.41, 5.74) is -0.453. The van der Waals surface area contributed by atoms with Crippen LogP contribution in [0.1, 0.15) is 59.7 Å². The van der Waals surface area contributed by atoms with Gasteiger partial charge < -0.3 is 24.8 Å². The summed E-state index contributed by atoms with van der Waals surface area (Å²) in [5, 5.41) is 14.8. The Kier molecular flexibility index (Phi) is 12.2. The van der Waals surface area contributed by atoms with E-state index in [2.05, 4.69) is 39.2 Å². The topological polar surface area (TPSA) is 96.7 Å². The lowest BCUT2D eigenvalue weighted by molar-refractivity contribution is 0.0163. The van der Waals surface area contributed by atoms with Crippen LogP contribution in [-0.4, -0.2) is 70.0 Å². The van der Waals surface area contributed by atoms with E-state index in [1.807, 2.05) is 25.7 Å². The molecule has 0 aliphatic carbocycles. The van der Waals surface area contributed by atoms with Crippen molar-refractivity contribution >= 4 is 36.0 Å². The number of piperidine rings is 1. The zero-order valence-electron chi connectivity index (χ0n) is 19.7. The minimum atomic E-state index is -0.453. The van der Waals surface area contributed by atoms with Crippen LogP contribution in [0.3, 0.4) is 0 Å². The van der Waals surface area contributed by atoms with Gasteiger partial charge in [0, 0.05) is 45.7 Å². The molecule has 31 heavy (non-hydrogen) atoms. The smallest absolute Gasteiger partial charge is 0.410 e. The lowest BCUT2D eigenvalue weighted by atomic mass is 9.95. The Morgan fingerprint density at radius 2 is 2.10 bits per heavy atom. The number of guanidine groups is 1. The molecule has 2 heterocycles. The first-order valence-electron chi connectivity index (χ1n) is 11.2. The SMILES string of the molecule is CCNC(=NCCC1CCCN(C(=O)OC(C)(C)C)C1)NCCn1cnnc1CC.I. The average molecular weight is 550 g/mol. The number of likely N-dealkylation sites (tertiary alicyclic amines) is 1. The number of carbonyl (C=O) groups is 1. The number of aliphatic imine (C=N–C) groups is 1. The first-order valence-corrected chi connectivity index (χ1v) is 11.2. The molecular formula is C21H40IN7O2. The molecule has 0 bridgehead atoms. The number of hydrogen-bond acceptors (Lipinski definition) is 5. The molecule has 1 atom stereocenters. The molecule has 9 nitrogen and oxygen atoms in total. The Morgan fingerprint density at radius 1 is 1.32 bits per heavy atom. The summed E-state index contributed by atoms with van der Waals surface area (Å²) < 4.78 is 7.58. The van der Waals surface area contributed by atoms with Crippen LogP contribution in [0, 0.1) is 5.92 Å². The maximum atomic E-state index is 12.3. The maximum Gasteiger partial charge on any atom is 0.410 e. The van der Waals surface area contributed by atoms with Gasteiger partial charge in [0.2, 0.25) is 0 Å². The normalized spacial score (nSPS) is 17.1. The molecule has 2 rings (SSSR count). The van der Waals surface area contributed by atoms with Crippen molar-refractivity contribution in [2.24, 2.45) is 10.9 Å². The zero-order chi connectivity index (χ0) is 22.0. The number of hydrogen-bond donors (Lipinski definition) is 2. The van der Waals surface area contributed by atoms with Gasteiger partial charge in [-0.2, -0.15) is 0 Å². The van der Waals surface area contributed by atoms with Gasteiger partial charge in [0.15, 0.2) is 5.96 Å². The molecule has 0 radical (unpaired) electrons. The number of carbonyl (C=O) groups excluding carboxylic acids is 1. The maximum absolute atomic E-state index is 12.3. The minimum Gasteiger partial charge on any atom is -0.444 e. The molecule has 1 saturated heterocycles. The number of amides is 1. The molecule has 1 fully saturated rings. The van der Waals surface area contributed by atoms with Crippen LogP contribution in [0.2, 0.25) is 0 Å². The predicted molar refractivity (Wildman–Crippen MR) is 134 cm³/mol. The second-order valence-corrected chi connectivity index (χ2v) is 8.70. The fourth-order valence-corrected chi connectivity index (χ4v) is 3.53. The lowest BCUT2D eigenvalue weighted by Crippen LogP contribution is -2.43. The van der Waals surface area contributed by atoms with E-state index in [-0.39, 0.29) is 30.1 Å². The summed E-state index contributed by atoms with van der Waals surface area (Å²) in [6, 6.07) is 0. The van der Waals surface area contributed by atoms with Gasteiger partial charge in [-0.1, -0.05) is 6.92 Å². The molecule has 1 unspecified atom stereocenters. The molecule has 1 aliphatic rings. The number of rotatable bonds is 8. The first kappa shape index (κ1) is 27.4. The van der Waals surface area contributed by atoms with Crippen molar-refractivity contribution in [3.05, 3.63) is 12.2 Å². The number of aryl methyl sites for hydroxylation is 1. The fraction of sp³-hybridized carbons (Fsp3) is 0.810. The van der Waals surface area contributed by atoms with Gasteiger partial charge in [0.1, 0.15) is 17.8 Å². The number of nitrogens with one attached hydrogen (secondary N) is 2. The van der Waals surface area contributed by atoms with E-state index in [0.29, 0.717) is 5.92 Å². The number of nitrogens with zero attached hydrogens (tertiary/aromatic N) is 5. The van der Waals surface area contributed by atoms with Gasteiger partial charge in [-0.3, -0.25) is 4.99 Å². The first-order chi connectivity index (χ1) is 14.3. The van der Waals surface area contributed by atoms with Crippen molar-refractivity contribution in [1.29, 1.82) is 0 Å². The number of halogens is 1. The molecular weight excluding hydrogens is 509 g/mol. The van der Waals surface area contributed by atoms with E-state index in [4.69, 9.17) is 9.73 Å². The molecule has 1 aliphatic heterocycles. The molecule has 1 amide bonds. The lowest BCUT2D eigenvalue weighted by Gasteiger charge is -2.34. The zero-order valence-corrected chi connectivity index (χ0v) is 22.0. The van der Waals surface area contributed by atoms with Gasteiger partial charge in [-0.05, 0) is 52.9 Å². The third-order valence-corrected chi connectivity index (χ3v) is 4.98. The van der Waals surface area contributed by atoms with Crippen molar-refractivity contribution < 1.29 is 9.53 Å². The molecule has 0 aromatic carbocycles. The molecule has 178 valence electrons. The molecule has 10 heteroatoms. The van der Waals surface area contributed by atoms with Crippen LogP contribution < -0.4 is 10.6 Å². The second kappa shape index (κ2) is 13.7. The minimum absolute atomic E-state index is 0. The van der Waals surface area contributed by atoms with Crippen molar-refractivity contribution in [2.45, 2.75) is 72.4 Å². The molecule has 0 spiro atoms. The third kappa shape index (κ3) is 10.0. The van der Waals surface area contributed by atoms with Crippen LogP contribution in [-0.2, 0) is 17.7 Å². The molecule has 1 aromatic heterocycles. The number of ether oxygens (including phenoxy) is 1. The highest BCUT2D eigenvalue weighted by Gasteiger charge is 2.27. The Hall–Kier alpha value is -1.59. The Morgan fingerprint density at radius 3 is 2.77 bits per heavy atom. The summed E-state index contributed by atoms with van der Waals surface area (Å²) in [7, 11) is 0. The Labute approximate surface area is 203 Å². The average Bonchev–Trinajstić information content (AvgIpc) is 3.14. The fourth-order valence-electron chi connectivity index (χ4n) is 3.53. The van der Waals surface area contributed by atoms with Gasteiger partial charge in [0.05, 0.1) is 0 Å². The van der Waals surface area contributed by atoms with Gasteiger partial charge in [-0.25, -0.2) is 4.79 Å². The largest absolute Gasteiger partial charge is 0.444 e. The van der Waals surface area contributed by atoms with E-state index in [1.54, 1.807) is 6.33 Å². The monoisotopic (exact) mass is 549 g/mol. The summed E-state index contributed by atoms with van der Waals surface area (Å²) in [6.45, 7) is 14.5. The van der Waals surface area contributed by atoms with Gasteiger partial charge in [0.25, 0.3) is 0 Å². The van der Waals surface area contributed by atoms with E-state index in [1.165, 1.54) is 0 Å². The third-order valence-electron chi connectivity index (χ3n) is 4.98. The Balaban J connectivity index is 0.00000480. The summed E-state index contributed by atoms with van der Waals surface area (Å²) >= 11 is 0.